The number of nitrogens with one attached hydrogen (secondary N) is 2. The van der Waals surface area contributed by atoms with E-state index >= 15 is 0 Å². The fourth-order valence-electron chi connectivity index (χ4n) is 2.66. The van der Waals surface area contributed by atoms with Crippen LogP contribution in [0.5, 0.6) is 0 Å². The molecule has 5 nitrogen and oxygen atoms in total. The van der Waals surface area contributed by atoms with Gasteiger partial charge in [0.2, 0.25) is 0 Å². The van der Waals surface area contributed by atoms with E-state index < -0.39 is 0 Å². The van der Waals surface area contributed by atoms with Crippen LogP contribution in [0.25, 0.3) is 5.57 Å². The fraction of sp³-hybridized carbons (Fsp3) is 0.238. The largest absolute Gasteiger partial charge is 0.398 e. The van der Waals surface area contributed by atoms with Crippen molar-refractivity contribution >= 4 is 39.0 Å². The first-order valence-corrected chi connectivity index (χ1v) is 9.51. The SMILES string of the molecule is CCC(C)=C(C(=O)NCc1ccc(C(=O)NC)cc1)c1cc(Br)ccc1N. The molecule has 0 unspecified atom stereocenters. The molecular formula is C21H24BrN3O2. The van der Waals surface area contributed by atoms with Crippen LogP contribution in [0.1, 0.15) is 41.8 Å². The molecule has 0 atom stereocenters. The molecule has 27 heavy (non-hydrogen) atoms. The highest BCUT2D eigenvalue weighted by Crippen LogP contribution is 2.29. The lowest BCUT2D eigenvalue weighted by atomic mass is 9.97. The maximum absolute atomic E-state index is 12.9. The fourth-order valence-corrected chi connectivity index (χ4v) is 3.02. The summed E-state index contributed by atoms with van der Waals surface area (Å²) in [4.78, 5) is 24.5. The van der Waals surface area contributed by atoms with Crippen molar-refractivity contribution in [3.63, 3.8) is 0 Å². The summed E-state index contributed by atoms with van der Waals surface area (Å²) in [6.07, 6.45) is 0.746. The smallest absolute Gasteiger partial charge is 0.252 e. The van der Waals surface area contributed by atoms with Gasteiger partial charge in [-0.1, -0.05) is 40.6 Å². The van der Waals surface area contributed by atoms with Gasteiger partial charge in [-0.3, -0.25) is 9.59 Å². The molecule has 0 fully saturated rings. The zero-order chi connectivity index (χ0) is 20.0. The quantitative estimate of drug-likeness (QED) is 0.480. The third kappa shape index (κ3) is 5.20. The van der Waals surface area contributed by atoms with Crippen molar-refractivity contribution in [3.8, 4) is 0 Å². The Balaban J connectivity index is 2.20. The topological polar surface area (TPSA) is 84.2 Å². The highest BCUT2D eigenvalue weighted by molar-refractivity contribution is 9.10. The summed E-state index contributed by atoms with van der Waals surface area (Å²) in [6, 6.07) is 12.6. The van der Waals surface area contributed by atoms with Crippen LogP contribution in [0.4, 0.5) is 5.69 Å². The van der Waals surface area contributed by atoms with E-state index in [2.05, 4.69) is 26.6 Å². The van der Waals surface area contributed by atoms with Crippen molar-refractivity contribution in [3.05, 3.63) is 69.2 Å². The van der Waals surface area contributed by atoms with Crippen LogP contribution in [-0.2, 0) is 11.3 Å². The number of nitrogens with two attached hydrogens (primary N) is 1. The Morgan fingerprint density at radius 3 is 2.37 bits per heavy atom. The molecule has 2 amide bonds. The molecule has 0 saturated carbocycles. The second kappa shape index (κ2) is 9.37. The van der Waals surface area contributed by atoms with Crippen LogP contribution in [0.3, 0.4) is 0 Å². The van der Waals surface area contributed by atoms with E-state index in [-0.39, 0.29) is 11.8 Å². The molecule has 0 aliphatic rings. The number of rotatable bonds is 6. The van der Waals surface area contributed by atoms with E-state index in [9.17, 15) is 9.59 Å². The minimum absolute atomic E-state index is 0.139. The summed E-state index contributed by atoms with van der Waals surface area (Å²) in [7, 11) is 1.59. The average molecular weight is 430 g/mol. The molecule has 0 saturated heterocycles. The molecule has 142 valence electrons. The maximum Gasteiger partial charge on any atom is 0.252 e. The Kier molecular flexibility index (Phi) is 7.19. The van der Waals surface area contributed by atoms with Gasteiger partial charge < -0.3 is 16.4 Å². The van der Waals surface area contributed by atoms with Crippen molar-refractivity contribution in [1.82, 2.24) is 10.6 Å². The lowest BCUT2D eigenvalue weighted by Gasteiger charge is -2.15. The van der Waals surface area contributed by atoms with Gasteiger partial charge in [0.1, 0.15) is 0 Å². The molecule has 0 aliphatic carbocycles. The number of carbonyl (C=O) groups excluding carboxylic acids is 2. The summed E-state index contributed by atoms with van der Waals surface area (Å²) < 4.78 is 0.866. The lowest BCUT2D eigenvalue weighted by molar-refractivity contribution is -0.115. The molecule has 2 aromatic carbocycles. The first-order valence-electron chi connectivity index (χ1n) is 8.71. The Morgan fingerprint density at radius 2 is 1.78 bits per heavy atom. The number of carbonyl (C=O) groups is 2. The maximum atomic E-state index is 12.9. The van der Waals surface area contributed by atoms with Gasteiger partial charge in [-0.15, -0.1) is 0 Å². The predicted molar refractivity (Wildman–Crippen MR) is 113 cm³/mol. The van der Waals surface area contributed by atoms with Gasteiger partial charge in [0.05, 0.1) is 0 Å². The molecule has 4 N–H and O–H groups in total. The van der Waals surface area contributed by atoms with Crippen molar-refractivity contribution < 1.29 is 9.59 Å². The minimum atomic E-state index is -0.172. The lowest BCUT2D eigenvalue weighted by Crippen LogP contribution is -2.25. The van der Waals surface area contributed by atoms with Gasteiger partial charge in [0.25, 0.3) is 11.8 Å². The monoisotopic (exact) mass is 429 g/mol. The molecule has 2 rings (SSSR count). The van der Waals surface area contributed by atoms with Crippen LogP contribution in [0.2, 0.25) is 0 Å². The second-order valence-electron chi connectivity index (χ2n) is 6.20. The molecule has 0 aliphatic heterocycles. The van der Waals surface area contributed by atoms with Gasteiger partial charge in [-0.2, -0.15) is 0 Å². The predicted octanol–water partition coefficient (Wildman–Crippen LogP) is 3.89. The van der Waals surface area contributed by atoms with E-state index in [0.29, 0.717) is 23.4 Å². The number of hydrogen-bond acceptors (Lipinski definition) is 3. The van der Waals surface area contributed by atoms with Crippen molar-refractivity contribution in [2.75, 3.05) is 12.8 Å². The summed E-state index contributed by atoms with van der Waals surface area (Å²) in [6.45, 7) is 4.31. The first kappa shape index (κ1) is 20.7. The third-order valence-electron chi connectivity index (χ3n) is 4.37. The second-order valence-corrected chi connectivity index (χ2v) is 7.11. The zero-order valence-electron chi connectivity index (χ0n) is 15.7. The Morgan fingerprint density at radius 1 is 1.11 bits per heavy atom. The van der Waals surface area contributed by atoms with Crippen molar-refractivity contribution in [1.29, 1.82) is 0 Å². The van der Waals surface area contributed by atoms with Crippen LogP contribution in [0, 0.1) is 0 Å². The summed E-state index contributed by atoms with van der Waals surface area (Å²) in [5.41, 5.74) is 10.4. The number of anilines is 1. The highest BCUT2D eigenvalue weighted by atomic mass is 79.9. The molecular weight excluding hydrogens is 406 g/mol. The van der Waals surface area contributed by atoms with Gasteiger partial charge in [0.15, 0.2) is 0 Å². The van der Waals surface area contributed by atoms with Gasteiger partial charge in [-0.25, -0.2) is 0 Å². The van der Waals surface area contributed by atoms with E-state index in [1.165, 1.54) is 0 Å². The number of nitrogen functional groups attached to an aromatic ring is 1. The number of hydrogen-bond donors (Lipinski definition) is 3. The Bertz CT molecular complexity index is 873. The molecule has 0 heterocycles. The molecule has 0 bridgehead atoms. The van der Waals surface area contributed by atoms with Crippen LogP contribution < -0.4 is 16.4 Å². The normalized spacial score (nSPS) is 11.6. The molecule has 0 spiro atoms. The Hall–Kier alpha value is -2.60. The van der Waals surface area contributed by atoms with Crippen LogP contribution in [0.15, 0.2) is 52.5 Å². The highest BCUT2D eigenvalue weighted by Gasteiger charge is 2.17. The van der Waals surface area contributed by atoms with E-state index in [1.807, 2.05) is 38.1 Å². The average Bonchev–Trinajstić information content (AvgIpc) is 2.68. The van der Waals surface area contributed by atoms with Crippen molar-refractivity contribution in [2.24, 2.45) is 0 Å². The van der Waals surface area contributed by atoms with E-state index in [0.717, 1.165) is 27.6 Å². The zero-order valence-corrected chi connectivity index (χ0v) is 17.3. The van der Waals surface area contributed by atoms with E-state index in [1.54, 1.807) is 25.2 Å². The first-order chi connectivity index (χ1) is 12.9. The number of allylic oxidation sites excluding steroid dienone is 1. The van der Waals surface area contributed by atoms with Gasteiger partial charge >= 0.3 is 0 Å². The summed E-state index contributed by atoms with van der Waals surface area (Å²) >= 11 is 3.44. The standard InChI is InChI=1S/C21H24BrN3O2/c1-4-13(2)19(17-11-16(22)9-10-18(17)23)21(27)25-12-14-5-7-15(8-6-14)20(26)24-3/h5-11H,4,12,23H2,1-3H3,(H,24,26)(H,25,27). The van der Waals surface area contributed by atoms with Crippen LogP contribution in [-0.4, -0.2) is 18.9 Å². The number of benzene rings is 2. The van der Waals surface area contributed by atoms with Gasteiger partial charge in [0, 0.05) is 40.5 Å². The van der Waals surface area contributed by atoms with Gasteiger partial charge in [-0.05, 0) is 49.2 Å². The van der Waals surface area contributed by atoms with Crippen molar-refractivity contribution in [2.45, 2.75) is 26.8 Å². The number of amides is 2. The molecule has 0 aromatic heterocycles. The molecule has 0 radical (unpaired) electrons. The van der Waals surface area contributed by atoms with E-state index in [4.69, 9.17) is 5.73 Å². The molecule has 2 aromatic rings. The summed E-state index contributed by atoms with van der Waals surface area (Å²) in [5, 5.41) is 5.54. The minimum Gasteiger partial charge on any atom is -0.398 e. The number of halogens is 1. The molecule has 6 heteroatoms. The Labute approximate surface area is 168 Å². The van der Waals surface area contributed by atoms with Crippen LogP contribution >= 0.6 is 15.9 Å². The summed E-state index contributed by atoms with van der Waals surface area (Å²) in [5.74, 6) is -0.311. The third-order valence-corrected chi connectivity index (χ3v) is 4.86.